The first-order chi connectivity index (χ1) is 16.8. The van der Waals surface area contributed by atoms with Gasteiger partial charge in [0.25, 0.3) is 11.6 Å². The van der Waals surface area contributed by atoms with E-state index in [2.05, 4.69) is 5.32 Å². The van der Waals surface area contributed by atoms with Gasteiger partial charge in [0.2, 0.25) is 10.0 Å². The molecule has 0 unspecified atom stereocenters. The number of nitro groups is 1. The number of hydrogen-bond donors (Lipinski definition) is 1. The molecule has 0 spiro atoms. The molecule has 1 saturated heterocycles. The molecule has 4 rings (SSSR count). The van der Waals surface area contributed by atoms with E-state index in [0.29, 0.717) is 18.8 Å². The van der Waals surface area contributed by atoms with Gasteiger partial charge in [0.05, 0.1) is 15.5 Å². The average Bonchev–Trinajstić information content (AvgIpc) is 2.85. The molecule has 0 atom stereocenters. The predicted molar refractivity (Wildman–Crippen MR) is 131 cm³/mol. The highest BCUT2D eigenvalue weighted by Gasteiger charge is 2.28. The normalized spacial score (nSPS) is 14.3. The maximum Gasteiger partial charge on any atom is 0.282 e. The van der Waals surface area contributed by atoms with Crippen LogP contribution in [0.2, 0.25) is 0 Å². The lowest BCUT2D eigenvalue weighted by Crippen LogP contribution is -2.35. The number of carbonyl (C=O) groups excluding carboxylic acids is 1. The number of benzene rings is 3. The fourth-order valence-electron chi connectivity index (χ4n) is 3.93. The van der Waals surface area contributed by atoms with Gasteiger partial charge in [-0.15, -0.1) is 0 Å². The largest absolute Gasteiger partial charge is 0.455 e. The van der Waals surface area contributed by atoms with Crippen LogP contribution in [0, 0.1) is 17.0 Å². The van der Waals surface area contributed by atoms with Crippen molar-refractivity contribution < 1.29 is 22.9 Å². The Kier molecular flexibility index (Phi) is 7.13. The second-order valence-corrected chi connectivity index (χ2v) is 10.2. The molecule has 0 bridgehead atoms. The first-order valence-corrected chi connectivity index (χ1v) is 12.6. The summed E-state index contributed by atoms with van der Waals surface area (Å²) in [6, 6.07) is 17.1. The molecule has 3 aromatic rings. The van der Waals surface area contributed by atoms with Crippen molar-refractivity contribution in [2.75, 3.05) is 18.4 Å². The van der Waals surface area contributed by atoms with Gasteiger partial charge in [-0.25, -0.2) is 8.42 Å². The highest BCUT2D eigenvalue weighted by molar-refractivity contribution is 7.89. The number of anilines is 1. The molecule has 182 valence electrons. The van der Waals surface area contributed by atoms with Gasteiger partial charge in [0.15, 0.2) is 5.75 Å². The van der Waals surface area contributed by atoms with Crippen LogP contribution in [0.4, 0.5) is 11.4 Å². The van der Waals surface area contributed by atoms with Gasteiger partial charge in [-0.05, 0) is 61.7 Å². The van der Waals surface area contributed by atoms with Crippen molar-refractivity contribution in [2.45, 2.75) is 31.1 Å². The van der Waals surface area contributed by atoms with Crippen LogP contribution in [0.1, 0.15) is 35.2 Å². The number of hydrogen-bond acceptors (Lipinski definition) is 6. The number of nitrogens with zero attached hydrogens (tertiary/aromatic N) is 2. The van der Waals surface area contributed by atoms with Crippen LogP contribution in [-0.4, -0.2) is 36.6 Å². The van der Waals surface area contributed by atoms with Crippen molar-refractivity contribution in [1.82, 2.24) is 4.31 Å². The lowest BCUT2D eigenvalue weighted by molar-refractivity contribution is -0.385. The molecule has 0 saturated carbocycles. The minimum absolute atomic E-state index is 0.00820. The Morgan fingerprint density at radius 3 is 2.46 bits per heavy atom. The number of aryl methyl sites for hydroxylation is 1. The van der Waals surface area contributed by atoms with E-state index in [4.69, 9.17) is 4.74 Å². The average molecular weight is 496 g/mol. The lowest BCUT2D eigenvalue weighted by Gasteiger charge is -2.26. The maximum absolute atomic E-state index is 13.2. The minimum Gasteiger partial charge on any atom is -0.455 e. The number of nitrogens with one attached hydrogen (secondary N) is 1. The number of amides is 1. The molecule has 9 nitrogen and oxygen atoms in total. The number of carbonyl (C=O) groups is 1. The summed E-state index contributed by atoms with van der Waals surface area (Å²) in [5.74, 6) is -0.0446. The van der Waals surface area contributed by atoms with Crippen molar-refractivity contribution in [3.63, 3.8) is 0 Å². The van der Waals surface area contributed by atoms with Crippen LogP contribution in [0.3, 0.4) is 0 Å². The zero-order chi connectivity index (χ0) is 25.0. The third-order valence-corrected chi connectivity index (χ3v) is 7.61. The van der Waals surface area contributed by atoms with Gasteiger partial charge in [0.1, 0.15) is 11.3 Å². The Bertz CT molecular complexity index is 1370. The van der Waals surface area contributed by atoms with Crippen molar-refractivity contribution >= 4 is 27.3 Å². The maximum atomic E-state index is 13.2. The summed E-state index contributed by atoms with van der Waals surface area (Å²) in [6.07, 6.45) is 2.55. The minimum atomic E-state index is -3.78. The summed E-state index contributed by atoms with van der Waals surface area (Å²) < 4.78 is 33.9. The lowest BCUT2D eigenvalue weighted by atomic mass is 10.1. The molecule has 3 aromatic carbocycles. The van der Waals surface area contributed by atoms with Crippen molar-refractivity contribution in [3.05, 3.63) is 88.0 Å². The van der Waals surface area contributed by atoms with Crippen LogP contribution in [0.5, 0.6) is 11.5 Å². The fourth-order valence-corrected chi connectivity index (χ4v) is 5.47. The summed E-state index contributed by atoms with van der Waals surface area (Å²) >= 11 is 0. The molecule has 1 fully saturated rings. The van der Waals surface area contributed by atoms with E-state index in [1.54, 1.807) is 12.1 Å². The molecule has 1 aliphatic rings. The summed E-state index contributed by atoms with van der Waals surface area (Å²) in [4.78, 5) is 23.8. The monoisotopic (exact) mass is 495 g/mol. The first kappa shape index (κ1) is 24.4. The summed E-state index contributed by atoms with van der Waals surface area (Å²) in [5.41, 5.74) is 0.538. The zero-order valence-electron chi connectivity index (χ0n) is 19.1. The molecule has 1 amide bonds. The molecule has 1 heterocycles. The molecular formula is C25H25N3O6S. The van der Waals surface area contributed by atoms with Crippen molar-refractivity contribution in [3.8, 4) is 11.5 Å². The zero-order valence-corrected chi connectivity index (χ0v) is 20.0. The third-order valence-electron chi connectivity index (χ3n) is 5.71. The fraction of sp³-hybridized carbons (Fsp3) is 0.240. The summed E-state index contributed by atoms with van der Waals surface area (Å²) in [5, 5.41) is 14.0. The highest BCUT2D eigenvalue weighted by Crippen LogP contribution is 2.34. The third kappa shape index (κ3) is 5.50. The number of rotatable bonds is 7. The van der Waals surface area contributed by atoms with Crippen LogP contribution in [-0.2, 0) is 10.0 Å². The Morgan fingerprint density at radius 2 is 1.74 bits per heavy atom. The van der Waals surface area contributed by atoms with Gasteiger partial charge >= 0.3 is 0 Å². The first-order valence-electron chi connectivity index (χ1n) is 11.2. The predicted octanol–water partition coefficient (Wildman–Crippen LogP) is 5.12. The molecular weight excluding hydrogens is 470 g/mol. The molecule has 1 N–H and O–H groups in total. The number of piperidine rings is 1. The SMILES string of the molecule is Cc1cccc(Oc2ccc(S(=O)(=O)N3CCCCC3)cc2NC(=O)c2ccccc2[N+](=O)[O-])c1. The Hall–Kier alpha value is -3.76. The quantitative estimate of drug-likeness (QED) is 0.359. The second kappa shape index (κ2) is 10.2. The van der Waals surface area contributed by atoms with E-state index >= 15 is 0 Å². The number of ether oxygens (including phenoxy) is 1. The van der Waals surface area contributed by atoms with E-state index < -0.39 is 20.9 Å². The number of sulfonamides is 1. The molecule has 0 aromatic heterocycles. The Labute approximate surface area is 203 Å². The second-order valence-electron chi connectivity index (χ2n) is 8.27. The van der Waals surface area contributed by atoms with Crippen molar-refractivity contribution in [2.24, 2.45) is 0 Å². The van der Waals surface area contributed by atoms with Crippen LogP contribution >= 0.6 is 0 Å². The number of nitro benzene ring substituents is 1. The molecule has 10 heteroatoms. The number of para-hydroxylation sites is 1. The molecule has 1 aliphatic heterocycles. The van der Waals surface area contributed by atoms with Gasteiger partial charge in [0, 0.05) is 19.2 Å². The van der Waals surface area contributed by atoms with Gasteiger partial charge in [-0.1, -0.05) is 30.7 Å². The van der Waals surface area contributed by atoms with Gasteiger partial charge < -0.3 is 10.1 Å². The van der Waals surface area contributed by atoms with Crippen molar-refractivity contribution in [1.29, 1.82) is 0 Å². The van der Waals surface area contributed by atoms with Crippen LogP contribution in [0.25, 0.3) is 0 Å². The van der Waals surface area contributed by atoms with E-state index in [9.17, 15) is 23.3 Å². The Balaban J connectivity index is 1.73. The molecule has 0 radical (unpaired) electrons. The smallest absolute Gasteiger partial charge is 0.282 e. The molecule has 35 heavy (non-hydrogen) atoms. The topological polar surface area (TPSA) is 119 Å². The molecule has 0 aliphatic carbocycles. The summed E-state index contributed by atoms with van der Waals surface area (Å²) in [7, 11) is -3.78. The van der Waals surface area contributed by atoms with E-state index in [1.165, 1.54) is 46.8 Å². The summed E-state index contributed by atoms with van der Waals surface area (Å²) in [6.45, 7) is 2.77. The standard InChI is InChI=1S/C25H25N3O6S/c1-18-8-7-9-19(16-18)34-24-13-12-20(35(32,33)27-14-5-2-6-15-27)17-22(24)26-25(29)21-10-3-4-11-23(21)28(30)31/h3-4,7-13,16-17H,2,5-6,14-15H2,1H3,(H,26,29). The Morgan fingerprint density at radius 1 is 1.00 bits per heavy atom. The highest BCUT2D eigenvalue weighted by atomic mass is 32.2. The van der Waals surface area contributed by atoms with Crippen LogP contribution < -0.4 is 10.1 Å². The van der Waals surface area contributed by atoms with E-state index in [0.717, 1.165) is 24.8 Å². The van der Waals surface area contributed by atoms with E-state index in [-0.39, 0.29) is 27.6 Å². The van der Waals surface area contributed by atoms with Crippen LogP contribution in [0.15, 0.2) is 71.6 Å². The van der Waals surface area contributed by atoms with Gasteiger partial charge in [-0.2, -0.15) is 4.31 Å². The van der Waals surface area contributed by atoms with Gasteiger partial charge in [-0.3, -0.25) is 14.9 Å². The van der Waals surface area contributed by atoms with E-state index in [1.807, 2.05) is 19.1 Å².